The Balaban J connectivity index is 2.73. The zero-order valence-corrected chi connectivity index (χ0v) is 11.8. The highest BCUT2D eigenvalue weighted by Gasteiger charge is 2.38. The van der Waals surface area contributed by atoms with Crippen LogP contribution in [0.3, 0.4) is 0 Å². The molecule has 4 nitrogen and oxygen atoms in total. The van der Waals surface area contributed by atoms with E-state index in [1.165, 1.54) is 0 Å². The van der Waals surface area contributed by atoms with Crippen LogP contribution in [0.15, 0.2) is 0 Å². The number of hydrogen-bond acceptors (Lipinski definition) is 3. The molecule has 0 aromatic heterocycles. The standard InChI is InChI=1S/C13H26N2O2/c1-12(2)9-11(16)15(7-6-8-17-5)13(3,4)10-14-12/h14H,6-10H2,1-5H3. The lowest BCUT2D eigenvalue weighted by Gasteiger charge is -2.37. The van der Waals surface area contributed by atoms with Crippen molar-refractivity contribution in [2.45, 2.75) is 51.6 Å². The summed E-state index contributed by atoms with van der Waals surface area (Å²) in [5.41, 5.74) is -0.233. The average molecular weight is 242 g/mol. The molecular weight excluding hydrogens is 216 g/mol. The molecule has 0 atom stereocenters. The molecule has 0 aliphatic carbocycles. The molecular formula is C13H26N2O2. The van der Waals surface area contributed by atoms with Crippen molar-refractivity contribution in [2.24, 2.45) is 0 Å². The van der Waals surface area contributed by atoms with Gasteiger partial charge in [-0.3, -0.25) is 4.79 Å². The van der Waals surface area contributed by atoms with Crippen molar-refractivity contribution in [2.75, 3.05) is 26.8 Å². The van der Waals surface area contributed by atoms with E-state index in [9.17, 15) is 4.79 Å². The minimum absolute atomic E-state index is 0.107. The molecule has 4 heteroatoms. The Morgan fingerprint density at radius 1 is 1.35 bits per heavy atom. The van der Waals surface area contributed by atoms with Crippen LogP contribution in [0.5, 0.6) is 0 Å². The Kier molecular flexibility index (Phi) is 4.55. The zero-order chi connectivity index (χ0) is 13.1. The highest BCUT2D eigenvalue weighted by molar-refractivity contribution is 5.78. The van der Waals surface area contributed by atoms with Crippen LogP contribution in [0.25, 0.3) is 0 Å². The number of nitrogens with one attached hydrogen (secondary N) is 1. The number of nitrogens with zero attached hydrogens (tertiary/aromatic N) is 1. The SMILES string of the molecule is COCCCN1C(=O)CC(C)(C)NCC1(C)C. The number of carbonyl (C=O) groups excluding carboxylic acids is 1. The van der Waals surface area contributed by atoms with Crippen LogP contribution >= 0.6 is 0 Å². The fraction of sp³-hybridized carbons (Fsp3) is 0.923. The summed E-state index contributed by atoms with van der Waals surface area (Å²) in [5.74, 6) is 0.237. The number of rotatable bonds is 4. The summed E-state index contributed by atoms with van der Waals surface area (Å²) in [6, 6.07) is 0. The molecule has 1 fully saturated rings. The van der Waals surface area contributed by atoms with E-state index >= 15 is 0 Å². The lowest BCUT2D eigenvalue weighted by Crippen LogP contribution is -2.51. The van der Waals surface area contributed by atoms with Crippen LogP contribution in [-0.2, 0) is 9.53 Å². The zero-order valence-electron chi connectivity index (χ0n) is 11.8. The lowest BCUT2D eigenvalue weighted by atomic mass is 10.0. The fourth-order valence-electron chi connectivity index (χ4n) is 2.22. The van der Waals surface area contributed by atoms with Crippen LogP contribution in [0.1, 0.15) is 40.5 Å². The van der Waals surface area contributed by atoms with Crippen LogP contribution in [-0.4, -0.2) is 48.7 Å². The number of carbonyl (C=O) groups is 1. The van der Waals surface area contributed by atoms with Gasteiger partial charge in [-0.2, -0.15) is 0 Å². The molecule has 0 spiro atoms. The molecule has 1 heterocycles. The highest BCUT2D eigenvalue weighted by Crippen LogP contribution is 2.23. The first kappa shape index (κ1) is 14.5. The second kappa shape index (κ2) is 5.36. The van der Waals surface area contributed by atoms with Crippen LogP contribution in [0.4, 0.5) is 0 Å². The van der Waals surface area contributed by atoms with Gasteiger partial charge in [-0.05, 0) is 34.1 Å². The van der Waals surface area contributed by atoms with E-state index in [0.717, 1.165) is 19.5 Å². The summed E-state index contributed by atoms with van der Waals surface area (Å²) in [7, 11) is 1.69. The topological polar surface area (TPSA) is 41.6 Å². The summed E-state index contributed by atoms with van der Waals surface area (Å²) in [4.78, 5) is 14.3. The Morgan fingerprint density at radius 2 is 2.00 bits per heavy atom. The number of ether oxygens (including phenoxy) is 1. The second-order valence-corrected chi connectivity index (χ2v) is 6.12. The van der Waals surface area contributed by atoms with Gasteiger partial charge in [0.25, 0.3) is 0 Å². The van der Waals surface area contributed by atoms with E-state index in [1.54, 1.807) is 7.11 Å². The monoisotopic (exact) mass is 242 g/mol. The quantitative estimate of drug-likeness (QED) is 0.758. The minimum Gasteiger partial charge on any atom is -0.385 e. The molecule has 0 radical (unpaired) electrons. The Hall–Kier alpha value is -0.610. The minimum atomic E-state index is -0.126. The largest absolute Gasteiger partial charge is 0.385 e. The molecule has 0 saturated carbocycles. The first-order chi connectivity index (χ1) is 7.78. The van der Waals surface area contributed by atoms with Crippen molar-refractivity contribution in [3.8, 4) is 0 Å². The summed E-state index contributed by atoms with van der Waals surface area (Å²) in [6.45, 7) is 10.7. The van der Waals surface area contributed by atoms with E-state index in [2.05, 4.69) is 33.0 Å². The maximum Gasteiger partial charge on any atom is 0.224 e. The summed E-state index contributed by atoms with van der Waals surface area (Å²) in [6.07, 6.45) is 1.45. The summed E-state index contributed by atoms with van der Waals surface area (Å²) in [5, 5.41) is 3.47. The smallest absolute Gasteiger partial charge is 0.224 e. The van der Waals surface area contributed by atoms with E-state index in [1.807, 2.05) is 4.90 Å². The average Bonchev–Trinajstić information content (AvgIpc) is 2.27. The Morgan fingerprint density at radius 3 is 2.59 bits per heavy atom. The van der Waals surface area contributed by atoms with Gasteiger partial charge >= 0.3 is 0 Å². The molecule has 0 unspecified atom stereocenters. The maximum absolute atomic E-state index is 12.3. The number of methoxy groups -OCH3 is 1. The molecule has 1 aliphatic heterocycles. The number of hydrogen-bond donors (Lipinski definition) is 1. The van der Waals surface area contributed by atoms with Crippen LogP contribution in [0.2, 0.25) is 0 Å². The molecule has 0 bridgehead atoms. The van der Waals surface area contributed by atoms with Crippen molar-refractivity contribution in [1.82, 2.24) is 10.2 Å². The van der Waals surface area contributed by atoms with Crippen molar-refractivity contribution in [3.05, 3.63) is 0 Å². The van der Waals surface area contributed by atoms with Crippen LogP contribution in [0, 0.1) is 0 Å². The maximum atomic E-state index is 12.3. The fourth-order valence-corrected chi connectivity index (χ4v) is 2.22. The van der Waals surface area contributed by atoms with Crippen LogP contribution < -0.4 is 5.32 Å². The van der Waals surface area contributed by atoms with E-state index in [4.69, 9.17) is 4.74 Å². The molecule has 100 valence electrons. The third kappa shape index (κ3) is 3.96. The van der Waals surface area contributed by atoms with Gasteiger partial charge < -0.3 is 15.0 Å². The van der Waals surface area contributed by atoms with Gasteiger partial charge in [-0.25, -0.2) is 0 Å². The highest BCUT2D eigenvalue weighted by atomic mass is 16.5. The van der Waals surface area contributed by atoms with Crippen molar-refractivity contribution in [1.29, 1.82) is 0 Å². The predicted molar refractivity (Wildman–Crippen MR) is 69.0 cm³/mol. The molecule has 17 heavy (non-hydrogen) atoms. The third-order valence-electron chi connectivity index (χ3n) is 3.35. The summed E-state index contributed by atoms with van der Waals surface area (Å²) < 4.78 is 5.05. The molecule has 0 aromatic rings. The van der Waals surface area contributed by atoms with E-state index < -0.39 is 0 Å². The van der Waals surface area contributed by atoms with Gasteiger partial charge in [0.05, 0.1) is 0 Å². The van der Waals surface area contributed by atoms with Gasteiger partial charge in [-0.15, -0.1) is 0 Å². The van der Waals surface area contributed by atoms with Gasteiger partial charge in [0, 0.05) is 44.3 Å². The second-order valence-electron chi connectivity index (χ2n) is 6.12. The lowest BCUT2D eigenvalue weighted by molar-refractivity contribution is -0.136. The molecule has 1 amide bonds. The third-order valence-corrected chi connectivity index (χ3v) is 3.35. The molecule has 0 aromatic carbocycles. The number of amides is 1. The van der Waals surface area contributed by atoms with Gasteiger partial charge in [0.15, 0.2) is 0 Å². The van der Waals surface area contributed by atoms with E-state index in [0.29, 0.717) is 13.0 Å². The molecule has 1 N–H and O–H groups in total. The Bertz CT molecular complexity index is 275. The molecule has 1 aliphatic rings. The van der Waals surface area contributed by atoms with Crippen molar-refractivity contribution >= 4 is 5.91 Å². The van der Waals surface area contributed by atoms with Crippen molar-refractivity contribution < 1.29 is 9.53 Å². The molecule has 1 saturated heterocycles. The first-order valence-corrected chi connectivity index (χ1v) is 6.33. The van der Waals surface area contributed by atoms with Gasteiger partial charge in [0.1, 0.15) is 0 Å². The normalized spacial score (nSPS) is 23.6. The first-order valence-electron chi connectivity index (χ1n) is 6.33. The molecule has 1 rings (SSSR count). The van der Waals surface area contributed by atoms with E-state index in [-0.39, 0.29) is 17.0 Å². The Labute approximate surface area is 105 Å². The predicted octanol–water partition coefficient (Wildman–Crippen LogP) is 1.40. The van der Waals surface area contributed by atoms with Gasteiger partial charge in [0.2, 0.25) is 5.91 Å². The van der Waals surface area contributed by atoms with Gasteiger partial charge in [-0.1, -0.05) is 0 Å². The summed E-state index contributed by atoms with van der Waals surface area (Å²) >= 11 is 0. The van der Waals surface area contributed by atoms with Crippen molar-refractivity contribution in [3.63, 3.8) is 0 Å².